The van der Waals surface area contributed by atoms with E-state index in [1.54, 1.807) is 12.1 Å². The molecule has 1 fully saturated rings. The van der Waals surface area contributed by atoms with Gasteiger partial charge < -0.3 is 4.74 Å². The second kappa shape index (κ2) is 7.96. The number of pyridine rings is 1. The predicted octanol–water partition coefficient (Wildman–Crippen LogP) is 3.35. The number of carbonyl (C=O) groups excluding carboxylic acids is 2. The highest BCUT2D eigenvalue weighted by molar-refractivity contribution is 6.33. The van der Waals surface area contributed by atoms with Crippen LogP contribution < -0.4 is 10.9 Å². The lowest BCUT2D eigenvalue weighted by Gasteiger charge is -2.13. The molecule has 0 radical (unpaired) electrons. The summed E-state index contributed by atoms with van der Waals surface area (Å²) < 4.78 is 5.21. The molecule has 1 aliphatic rings. The Morgan fingerprint density at radius 2 is 1.86 bits per heavy atom. The molecule has 3 aromatic rings. The first-order chi connectivity index (χ1) is 13.6. The van der Waals surface area contributed by atoms with Crippen molar-refractivity contribution in [3.63, 3.8) is 0 Å². The van der Waals surface area contributed by atoms with Crippen molar-refractivity contribution in [2.75, 3.05) is 13.2 Å². The lowest BCUT2D eigenvalue weighted by molar-refractivity contribution is -0.125. The van der Waals surface area contributed by atoms with Crippen LogP contribution in [0.2, 0.25) is 5.02 Å². The molecule has 0 spiro atoms. The highest BCUT2D eigenvalue weighted by Crippen LogP contribution is 2.29. The molecular formula is C21H18ClN3O3. The Balaban J connectivity index is 1.66. The Morgan fingerprint density at radius 3 is 2.64 bits per heavy atom. The summed E-state index contributed by atoms with van der Waals surface area (Å²) in [5.41, 5.74) is 7.39. The first-order valence-electron chi connectivity index (χ1n) is 8.96. The summed E-state index contributed by atoms with van der Waals surface area (Å²) in [6, 6.07) is 16.4. The molecule has 1 aromatic heterocycles. The maximum absolute atomic E-state index is 12.8. The number of aromatic nitrogens is 1. The first kappa shape index (κ1) is 18.4. The molecule has 2 N–H and O–H groups in total. The fourth-order valence-corrected chi connectivity index (χ4v) is 3.43. The van der Waals surface area contributed by atoms with Gasteiger partial charge in [-0.25, -0.2) is 4.98 Å². The highest BCUT2D eigenvalue weighted by atomic mass is 35.5. The molecule has 2 aromatic carbocycles. The van der Waals surface area contributed by atoms with Gasteiger partial charge in [0.05, 0.1) is 29.3 Å². The predicted molar refractivity (Wildman–Crippen MR) is 107 cm³/mol. The smallest absolute Gasteiger partial charge is 0.270 e. The molecule has 1 atom stereocenters. The van der Waals surface area contributed by atoms with Gasteiger partial charge in [0.2, 0.25) is 5.91 Å². The van der Waals surface area contributed by atoms with Crippen molar-refractivity contribution in [3.8, 4) is 11.3 Å². The van der Waals surface area contributed by atoms with Gasteiger partial charge in [0.25, 0.3) is 5.91 Å². The Morgan fingerprint density at radius 1 is 1.07 bits per heavy atom. The van der Waals surface area contributed by atoms with Crippen molar-refractivity contribution in [1.82, 2.24) is 15.8 Å². The molecule has 1 saturated heterocycles. The molecular weight excluding hydrogens is 378 g/mol. The highest BCUT2D eigenvalue weighted by Gasteiger charge is 2.24. The van der Waals surface area contributed by atoms with E-state index < -0.39 is 5.91 Å². The Bertz CT molecular complexity index is 1050. The average molecular weight is 396 g/mol. The van der Waals surface area contributed by atoms with E-state index in [0.29, 0.717) is 46.8 Å². The van der Waals surface area contributed by atoms with E-state index in [-0.39, 0.29) is 11.8 Å². The number of nitrogens with zero attached hydrogens (tertiary/aromatic N) is 1. The molecule has 28 heavy (non-hydrogen) atoms. The zero-order valence-corrected chi connectivity index (χ0v) is 15.7. The SMILES string of the molecule is O=C(NNC(=O)[C@H]1CCOC1)c1cc(-c2ccccc2Cl)nc2ccccc12. The Labute approximate surface area is 166 Å². The van der Waals surface area contributed by atoms with Crippen LogP contribution in [0.1, 0.15) is 16.8 Å². The minimum Gasteiger partial charge on any atom is -0.381 e. The molecule has 1 aliphatic heterocycles. The summed E-state index contributed by atoms with van der Waals surface area (Å²) in [6.07, 6.45) is 0.649. The standard InChI is InChI=1S/C21H18ClN3O3/c22-17-7-3-1-6-15(17)19-11-16(14-5-2-4-8-18(14)23-19)21(27)25-24-20(26)13-9-10-28-12-13/h1-8,11,13H,9-10,12H2,(H,24,26)(H,25,27)/t13-/m0/s1. The number of hydrogen-bond donors (Lipinski definition) is 2. The van der Waals surface area contributed by atoms with Crippen molar-refractivity contribution in [1.29, 1.82) is 0 Å². The summed E-state index contributed by atoms with van der Waals surface area (Å²) in [5, 5.41) is 1.24. The van der Waals surface area contributed by atoms with E-state index in [4.69, 9.17) is 16.3 Å². The summed E-state index contributed by atoms with van der Waals surface area (Å²) in [4.78, 5) is 29.6. The van der Waals surface area contributed by atoms with Crippen molar-refractivity contribution < 1.29 is 14.3 Å². The number of nitrogens with one attached hydrogen (secondary N) is 2. The summed E-state index contributed by atoms with van der Waals surface area (Å²) >= 11 is 6.31. The summed E-state index contributed by atoms with van der Waals surface area (Å²) in [7, 11) is 0. The van der Waals surface area contributed by atoms with Crippen molar-refractivity contribution in [2.45, 2.75) is 6.42 Å². The van der Waals surface area contributed by atoms with Crippen LogP contribution in [-0.2, 0) is 9.53 Å². The monoisotopic (exact) mass is 395 g/mol. The third kappa shape index (κ3) is 3.69. The van der Waals surface area contributed by atoms with Crippen LogP contribution in [0.4, 0.5) is 0 Å². The van der Waals surface area contributed by atoms with Gasteiger partial charge in [-0.05, 0) is 24.6 Å². The fraction of sp³-hybridized carbons (Fsp3) is 0.190. The van der Waals surface area contributed by atoms with Crippen molar-refractivity contribution in [3.05, 3.63) is 65.2 Å². The number of hydrogen-bond acceptors (Lipinski definition) is 4. The molecule has 7 heteroatoms. The van der Waals surface area contributed by atoms with E-state index in [1.807, 2.05) is 42.5 Å². The molecule has 0 aliphatic carbocycles. The van der Waals surface area contributed by atoms with E-state index >= 15 is 0 Å². The molecule has 2 heterocycles. The maximum atomic E-state index is 12.8. The van der Waals surface area contributed by atoms with E-state index in [0.717, 1.165) is 5.56 Å². The zero-order chi connectivity index (χ0) is 19.5. The van der Waals surface area contributed by atoms with Crippen LogP contribution in [-0.4, -0.2) is 30.0 Å². The third-order valence-electron chi connectivity index (χ3n) is 4.71. The van der Waals surface area contributed by atoms with E-state index in [9.17, 15) is 9.59 Å². The van der Waals surface area contributed by atoms with Gasteiger partial charge in [-0.1, -0.05) is 48.0 Å². The van der Waals surface area contributed by atoms with Gasteiger partial charge in [0.15, 0.2) is 0 Å². The largest absolute Gasteiger partial charge is 0.381 e. The second-order valence-electron chi connectivity index (χ2n) is 6.56. The lowest BCUT2D eigenvalue weighted by Crippen LogP contribution is -2.44. The summed E-state index contributed by atoms with van der Waals surface area (Å²) in [6.45, 7) is 0.929. The van der Waals surface area contributed by atoms with Crippen LogP contribution in [0.3, 0.4) is 0 Å². The fourth-order valence-electron chi connectivity index (χ4n) is 3.20. The summed E-state index contributed by atoms with van der Waals surface area (Å²) in [5.74, 6) is -0.914. The van der Waals surface area contributed by atoms with Crippen molar-refractivity contribution >= 4 is 34.3 Å². The zero-order valence-electron chi connectivity index (χ0n) is 14.9. The van der Waals surface area contributed by atoms with Gasteiger partial charge in [0.1, 0.15) is 0 Å². The molecule has 0 unspecified atom stereocenters. The number of carbonyl (C=O) groups is 2. The Hall–Kier alpha value is -2.96. The molecule has 142 valence electrons. The number of amides is 2. The molecule has 0 saturated carbocycles. The number of hydrazine groups is 1. The average Bonchev–Trinajstić information content (AvgIpc) is 3.26. The number of rotatable bonds is 3. The van der Waals surface area contributed by atoms with E-state index in [1.165, 1.54) is 0 Å². The number of halogens is 1. The van der Waals surface area contributed by atoms with Crippen LogP contribution in [0, 0.1) is 5.92 Å². The first-order valence-corrected chi connectivity index (χ1v) is 9.34. The number of fused-ring (bicyclic) bond motifs is 1. The van der Waals surface area contributed by atoms with Gasteiger partial charge in [0, 0.05) is 22.6 Å². The van der Waals surface area contributed by atoms with E-state index in [2.05, 4.69) is 15.8 Å². The minimum atomic E-state index is -0.417. The lowest BCUT2D eigenvalue weighted by atomic mass is 10.0. The van der Waals surface area contributed by atoms with Crippen LogP contribution in [0.15, 0.2) is 54.6 Å². The van der Waals surface area contributed by atoms with Crippen LogP contribution in [0.25, 0.3) is 22.2 Å². The third-order valence-corrected chi connectivity index (χ3v) is 5.04. The van der Waals surface area contributed by atoms with Gasteiger partial charge in [-0.3, -0.25) is 20.4 Å². The molecule has 6 nitrogen and oxygen atoms in total. The van der Waals surface area contributed by atoms with Gasteiger partial charge in [-0.15, -0.1) is 0 Å². The van der Waals surface area contributed by atoms with Crippen LogP contribution >= 0.6 is 11.6 Å². The number of para-hydroxylation sites is 1. The van der Waals surface area contributed by atoms with Crippen molar-refractivity contribution in [2.24, 2.45) is 5.92 Å². The minimum absolute atomic E-state index is 0.242. The number of benzene rings is 2. The topological polar surface area (TPSA) is 80.3 Å². The Kier molecular flexibility index (Phi) is 5.23. The maximum Gasteiger partial charge on any atom is 0.270 e. The quantitative estimate of drug-likeness (QED) is 0.666. The molecule has 4 rings (SSSR count). The van der Waals surface area contributed by atoms with Gasteiger partial charge in [-0.2, -0.15) is 0 Å². The number of ether oxygens (including phenoxy) is 1. The molecule has 0 bridgehead atoms. The van der Waals surface area contributed by atoms with Crippen LogP contribution in [0.5, 0.6) is 0 Å². The normalized spacial score (nSPS) is 16.1. The molecule has 2 amide bonds. The second-order valence-corrected chi connectivity index (χ2v) is 6.96. The van der Waals surface area contributed by atoms with Gasteiger partial charge >= 0.3 is 0 Å².